The van der Waals surface area contributed by atoms with Crippen LogP contribution in [0.25, 0.3) is 20.3 Å². The lowest BCUT2D eigenvalue weighted by molar-refractivity contribution is 0.528. The standard InChI is InChI=1S/C14H16N2S/c1-14(2,3)12-11-9-7-5-6-8-10(9)17-13(11)15-16(12)4/h5-8H,1-4H3. The molecule has 88 valence electrons. The number of fused-ring (bicyclic) bond motifs is 3. The number of hydrogen-bond acceptors (Lipinski definition) is 2. The van der Waals surface area contributed by atoms with E-state index >= 15 is 0 Å². The van der Waals surface area contributed by atoms with Gasteiger partial charge in [0.05, 0.1) is 5.69 Å². The van der Waals surface area contributed by atoms with E-state index < -0.39 is 0 Å². The normalized spacial score (nSPS) is 12.7. The summed E-state index contributed by atoms with van der Waals surface area (Å²) in [7, 11) is 2.04. The van der Waals surface area contributed by atoms with Crippen molar-refractivity contribution in [1.82, 2.24) is 9.78 Å². The Morgan fingerprint density at radius 1 is 1.18 bits per heavy atom. The van der Waals surface area contributed by atoms with E-state index in [-0.39, 0.29) is 5.41 Å². The van der Waals surface area contributed by atoms with Gasteiger partial charge >= 0.3 is 0 Å². The van der Waals surface area contributed by atoms with Gasteiger partial charge in [0.2, 0.25) is 0 Å². The van der Waals surface area contributed by atoms with Gasteiger partial charge in [0.25, 0.3) is 0 Å². The zero-order valence-electron chi connectivity index (χ0n) is 10.6. The molecule has 2 nitrogen and oxygen atoms in total. The molecule has 0 N–H and O–H groups in total. The van der Waals surface area contributed by atoms with Crippen LogP contribution in [0, 0.1) is 0 Å². The van der Waals surface area contributed by atoms with Crippen LogP contribution in [0.1, 0.15) is 26.5 Å². The molecule has 0 aliphatic rings. The second-order valence-corrected chi connectivity index (χ2v) is 6.53. The molecule has 0 radical (unpaired) electrons. The fourth-order valence-corrected chi connectivity index (χ4v) is 3.65. The van der Waals surface area contributed by atoms with Crippen molar-refractivity contribution in [2.75, 3.05) is 0 Å². The highest BCUT2D eigenvalue weighted by atomic mass is 32.1. The van der Waals surface area contributed by atoms with Gasteiger partial charge in [0.15, 0.2) is 0 Å². The minimum absolute atomic E-state index is 0.118. The highest BCUT2D eigenvalue weighted by molar-refractivity contribution is 7.25. The first-order valence-electron chi connectivity index (χ1n) is 5.83. The first kappa shape index (κ1) is 10.8. The maximum atomic E-state index is 4.65. The van der Waals surface area contributed by atoms with Crippen LogP contribution in [-0.4, -0.2) is 9.78 Å². The molecule has 0 unspecified atom stereocenters. The van der Waals surface area contributed by atoms with E-state index in [1.165, 1.54) is 21.2 Å². The fraction of sp³-hybridized carbons (Fsp3) is 0.357. The van der Waals surface area contributed by atoms with Crippen molar-refractivity contribution < 1.29 is 0 Å². The largest absolute Gasteiger partial charge is 0.270 e. The van der Waals surface area contributed by atoms with Crippen LogP contribution in [0.15, 0.2) is 24.3 Å². The molecule has 0 saturated heterocycles. The Labute approximate surface area is 105 Å². The zero-order valence-corrected chi connectivity index (χ0v) is 11.4. The molecule has 17 heavy (non-hydrogen) atoms. The molecule has 0 amide bonds. The third-order valence-electron chi connectivity index (χ3n) is 3.09. The lowest BCUT2D eigenvalue weighted by Gasteiger charge is -2.19. The van der Waals surface area contributed by atoms with Crippen molar-refractivity contribution in [3.63, 3.8) is 0 Å². The maximum Gasteiger partial charge on any atom is 0.146 e. The number of aryl methyl sites for hydroxylation is 1. The van der Waals surface area contributed by atoms with Gasteiger partial charge in [-0.25, -0.2) is 0 Å². The van der Waals surface area contributed by atoms with Gasteiger partial charge in [-0.15, -0.1) is 11.3 Å². The number of benzene rings is 1. The summed E-state index contributed by atoms with van der Waals surface area (Å²) < 4.78 is 3.37. The Kier molecular flexibility index (Phi) is 2.11. The molecule has 0 aliphatic heterocycles. The Balaban J connectivity index is 2.52. The van der Waals surface area contributed by atoms with Gasteiger partial charge in [-0.1, -0.05) is 39.0 Å². The second-order valence-electron chi connectivity index (χ2n) is 5.50. The Hall–Kier alpha value is -1.35. The molecule has 1 aromatic carbocycles. The second kappa shape index (κ2) is 3.33. The predicted molar refractivity (Wildman–Crippen MR) is 74.8 cm³/mol. The van der Waals surface area contributed by atoms with E-state index in [0.29, 0.717) is 0 Å². The molecular formula is C14H16N2S. The monoisotopic (exact) mass is 244 g/mol. The van der Waals surface area contributed by atoms with E-state index in [1.807, 2.05) is 11.7 Å². The third-order valence-corrected chi connectivity index (χ3v) is 4.14. The fourth-order valence-electron chi connectivity index (χ4n) is 2.54. The lowest BCUT2D eigenvalue weighted by atomic mass is 9.89. The van der Waals surface area contributed by atoms with Crippen molar-refractivity contribution >= 4 is 31.6 Å². The summed E-state index contributed by atoms with van der Waals surface area (Å²) >= 11 is 1.78. The molecule has 3 heteroatoms. The highest BCUT2D eigenvalue weighted by Gasteiger charge is 2.24. The molecule has 0 aliphatic carbocycles. The summed E-state index contributed by atoms with van der Waals surface area (Å²) in [5.41, 5.74) is 1.44. The van der Waals surface area contributed by atoms with Crippen molar-refractivity contribution in [1.29, 1.82) is 0 Å². The summed E-state index contributed by atoms with van der Waals surface area (Å²) in [4.78, 5) is 1.15. The molecule has 0 saturated carbocycles. The Bertz CT molecular complexity index is 698. The van der Waals surface area contributed by atoms with Crippen LogP contribution >= 0.6 is 11.3 Å². The molecule has 0 bridgehead atoms. The molecule has 2 heterocycles. The van der Waals surface area contributed by atoms with Gasteiger partial charge in [-0.2, -0.15) is 5.10 Å². The molecule has 3 rings (SSSR count). The molecule has 0 spiro atoms. The van der Waals surface area contributed by atoms with Crippen molar-refractivity contribution in [3.05, 3.63) is 30.0 Å². The van der Waals surface area contributed by atoms with E-state index in [2.05, 4.69) is 50.1 Å². The minimum Gasteiger partial charge on any atom is -0.270 e. The average molecular weight is 244 g/mol. The molecule has 0 fully saturated rings. The van der Waals surface area contributed by atoms with Gasteiger partial charge in [-0.05, 0) is 6.07 Å². The minimum atomic E-state index is 0.118. The van der Waals surface area contributed by atoms with Crippen LogP contribution in [0.2, 0.25) is 0 Å². The van der Waals surface area contributed by atoms with Gasteiger partial charge in [0, 0.05) is 27.9 Å². The Morgan fingerprint density at radius 2 is 1.88 bits per heavy atom. The molecule has 2 aromatic heterocycles. The summed E-state index contributed by atoms with van der Waals surface area (Å²) in [5.74, 6) is 0. The maximum absolute atomic E-state index is 4.65. The first-order chi connectivity index (χ1) is 7.98. The third kappa shape index (κ3) is 1.49. The first-order valence-corrected chi connectivity index (χ1v) is 6.65. The van der Waals surface area contributed by atoms with Crippen molar-refractivity contribution in [2.45, 2.75) is 26.2 Å². The molecular weight excluding hydrogens is 228 g/mol. The number of hydrogen-bond donors (Lipinski definition) is 0. The van der Waals surface area contributed by atoms with E-state index in [9.17, 15) is 0 Å². The van der Waals surface area contributed by atoms with Gasteiger partial charge < -0.3 is 0 Å². The van der Waals surface area contributed by atoms with E-state index in [1.54, 1.807) is 11.3 Å². The van der Waals surface area contributed by atoms with Gasteiger partial charge in [-0.3, -0.25) is 4.68 Å². The topological polar surface area (TPSA) is 17.8 Å². The number of thiophene rings is 1. The number of aromatic nitrogens is 2. The predicted octanol–water partition coefficient (Wildman–Crippen LogP) is 4.09. The smallest absolute Gasteiger partial charge is 0.146 e. The van der Waals surface area contributed by atoms with Crippen LogP contribution in [0.5, 0.6) is 0 Å². The average Bonchev–Trinajstić information content (AvgIpc) is 2.70. The van der Waals surface area contributed by atoms with Gasteiger partial charge in [0.1, 0.15) is 4.83 Å². The Morgan fingerprint density at radius 3 is 2.59 bits per heavy atom. The highest BCUT2D eigenvalue weighted by Crippen LogP contribution is 2.39. The summed E-state index contributed by atoms with van der Waals surface area (Å²) in [6.07, 6.45) is 0. The molecule has 0 atom stereocenters. The SMILES string of the molecule is Cn1nc2sc3ccccc3c2c1C(C)(C)C. The summed E-state index contributed by atoms with van der Waals surface area (Å²) in [5, 5.41) is 7.32. The van der Waals surface area contributed by atoms with Crippen LogP contribution in [0.3, 0.4) is 0 Å². The number of nitrogens with zero attached hydrogens (tertiary/aromatic N) is 2. The van der Waals surface area contributed by atoms with Crippen molar-refractivity contribution in [3.8, 4) is 0 Å². The summed E-state index contributed by atoms with van der Waals surface area (Å²) in [6.45, 7) is 6.74. The van der Waals surface area contributed by atoms with Crippen LogP contribution in [0.4, 0.5) is 0 Å². The van der Waals surface area contributed by atoms with Crippen LogP contribution < -0.4 is 0 Å². The zero-order chi connectivity index (χ0) is 12.2. The quantitative estimate of drug-likeness (QED) is 0.582. The molecule has 3 aromatic rings. The van der Waals surface area contributed by atoms with Crippen molar-refractivity contribution in [2.24, 2.45) is 7.05 Å². The van der Waals surface area contributed by atoms with Crippen LogP contribution in [-0.2, 0) is 12.5 Å². The summed E-state index contributed by atoms with van der Waals surface area (Å²) in [6, 6.07) is 8.57. The lowest BCUT2D eigenvalue weighted by Crippen LogP contribution is -2.16. The number of rotatable bonds is 0. The van der Waals surface area contributed by atoms with E-state index in [0.717, 1.165) is 4.83 Å². The van der Waals surface area contributed by atoms with E-state index in [4.69, 9.17) is 0 Å².